The molecule has 3 nitrogen and oxygen atoms in total. The number of hydrogen-bond donors (Lipinski definition) is 0. The molecular weight excluding hydrogens is 274 g/mol. The minimum Gasteiger partial charge on any atom is -0.327 e. The average molecular weight is 291 g/mol. The Morgan fingerprint density at radius 1 is 1.05 bits per heavy atom. The number of nitrogens with zero attached hydrogens (tertiary/aromatic N) is 1. The zero-order valence-corrected chi connectivity index (χ0v) is 12.5. The molecule has 3 heteroatoms. The van der Waals surface area contributed by atoms with Gasteiger partial charge in [-0.1, -0.05) is 60.2 Å². The van der Waals surface area contributed by atoms with E-state index in [4.69, 9.17) is 0 Å². The van der Waals surface area contributed by atoms with Gasteiger partial charge in [-0.15, -0.1) is 0 Å². The number of aryl methyl sites for hydroxylation is 1. The molecule has 0 unspecified atom stereocenters. The second kappa shape index (κ2) is 5.98. The third-order valence-electron chi connectivity index (χ3n) is 3.73. The highest BCUT2D eigenvalue weighted by Gasteiger charge is 2.33. The Labute approximate surface area is 129 Å². The van der Waals surface area contributed by atoms with Crippen molar-refractivity contribution in [1.82, 2.24) is 4.90 Å². The lowest BCUT2D eigenvalue weighted by molar-refractivity contribution is -0.139. The molecule has 0 aromatic heterocycles. The van der Waals surface area contributed by atoms with E-state index in [2.05, 4.69) is 0 Å². The predicted molar refractivity (Wildman–Crippen MR) is 86.0 cm³/mol. The molecule has 110 valence electrons. The van der Waals surface area contributed by atoms with Crippen LogP contribution < -0.4 is 0 Å². The van der Waals surface area contributed by atoms with E-state index < -0.39 is 11.7 Å². The Kier molecular flexibility index (Phi) is 3.88. The monoisotopic (exact) mass is 291 g/mol. The number of likely N-dealkylation sites (tertiary alicyclic amines) is 1. The fraction of sp³-hybridized carbons (Fsp3) is 0.158. The van der Waals surface area contributed by atoms with Crippen molar-refractivity contribution < 1.29 is 9.59 Å². The zero-order valence-electron chi connectivity index (χ0n) is 12.5. The van der Waals surface area contributed by atoms with Crippen LogP contribution in [0.2, 0.25) is 0 Å². The molecular formula is C19H17NO2. The second-order valence-electron chi connectivity index (χ2n) is 5.56. The largest absolute Gasteiger partial charge is 0.327 e. The van der Waals surface area contributed by atoms with E-state index in [-0.39, 0.29) is 0 Å². The topological polar surface area (TPSA) is 37.4 Å². The van der Waals surface area contributed by atoms with Crippen LogP contribution in [0.15, 0.2) is 60.2 Å². The fourth-order valence-corrected chi connectivity index (χ4v) is 2.63. The van der Waals surface area contributed by atoms with Gasteiger partial charge in [-0.3, -0.25) is 9.59 Å². The van der Waals surface area contributed by atoms with Gasteiger partial charge in [-0.25, -0.2) is 0 Å². The first-order chi connectivity index (χ1) is 10.6. The smallest absolute Gasteiger partial charge is 0.295 e. The van der Waals surface area contributed by atoms with E-state index in [0.717, 1.165) is 16.7 Å². The zero-order chi connectivity index (χ0) is 15.5. The highest BCUT2D eigenvalue weighted by Crippen LogP contribution is 2.19. The molecule has 0 bridgehead atoms. The lowest BCUT2D eigenvalue weighted by Gasteiger charge is -2.13. The van der Waals surface area contributed by atoms with E-state index in [1.54, 1.807) is 4.90 Å². The van der Waals surface area contributed by atoms with Gasteiger partial charge in [0.05, 0.1) is 6.54 Å². The van der Waals surface area contributed by atoms with Gasteiger partial charge in [-0.2, -0.15) is 0 Å². The first kappa shape index (κ1) is 14.3. The molecule has 2 aromatic rings. The van der Waals surface area contributed by atoms with E-state index in [0.29, 0.717) is 18.7 Å². The van der Waals surface area contributed by atoms with Crippen molar-refractivity contribution in [1.29, 1.82) is 0 Å². The predicted octanol–water partition coefficient (Wildman–Crippen LogP) is 2.99. The third kappa shape index (κ3) is 2.98. The minimum absolute atomic E-state index is 0.375. The summed E-state index contributed by atoms with van der Waals surface area (Å²) in [5.74, 6) is -0.805. The van der Waals surface area contributed by atoms with Crippen molar-refractivity contribution in [3.8, 4) is 0 Å². The van der Waals surface area contributed by atoms with E-state index in [9.17, 15) is 9.59 Å². The van der Waals surface area contributed by atoms with Gasteiger partial charge in [0.25, 0.3) is 5.91 Å². The molecule has 0 saturated carbocycles. The molecule has 22 heavy (non-hydrogen) atoms. The highest BCUT2D eigenvalue weighted by atomic mass is 16.2. The summed E-state index contributed by atoms with van der Waals surface area (Å²) in [6.45, 7) is 2.85. The first-order valence-corrected chi connectivity index (χ1v) is 7.28. The lowest BCUT2D eigenvalue weighted by atomic mass is 10.1. The molecule has 3 rings (SSSR count). The molecule has 0 aliphatic carbocycles. The van der Waals surface area contributed by atoms with E-state index in [1.165, 1.54) is 0 Å². The van der Waals surface area contributed by atoms with Gasteiger partial charge in [-0.05, 0) is 24.1 Å². The number of rotatable bonds is 3. The van der Waals surface area contributed by atoms with Crippen LogP contribution in [0.4, 0.5) is 0 Å². The standard InChI is InChI=1S/C19H17NO2/c1-14-6-5-9-16(10-14)11-17-13-20(19(22)18(17)21)12-15-7-3-2-4-8-15/h2-11H,12-13H2,1H3/b17-11-. The number of carbonyl (C=O) groups is 2. The average Bonchev–Trinajstić information content (AvgIpc) is 2.77. The second-order valence-corrected chi connectivity index (χ2v) is 5.56. The molecule has 0 N–H and O–H groups in total. The van der Waals surface area contributed by atoms with Gasteiger partial charge in [0.15, 0.2) is 0 Å². The van der Waals surface area contributed by atoms with Crippen LogP contribution in [0.3, 0.4) is 0 Å². The summed E-state index contributed by atoms with van der Waals surface area (Å²) in [6.07, 6.45) is 1.82. The number of Topliss-reactive ketones (excluding diaryl/α,β-unsaturated/α-hetero) is 1. The molecule has 1 saturated heterocycles. The first-order valence-electron chi connectivity index (χ1n) is 7.28. The van der Waals surface area contributed by atoms with Gasteiger partial charge in [0.1, 0.15) is 0 Å². The molecule has 0 radical (unpaired) electrons. The Bertz CT molecular complexity index is 747. The Balaban J connectivity index is 1.81. The van der Waals surface area contributed by atoms with Crippen LogP contribution in [0.1, 0.15) is 16.7 Å². The normalized spacial score (nSPS) is 16.6. The van der Waals surface area contributed by atoms with Crippen LogP contribution in [-0.4, -0.2) is 23.1 Å². The molecule has 1 heterocycles. The number of benzene rings is 2. The molecule has 0 spiro atoms. The number of ketones is 1. The van der Waals surface area contributed by atoms with Crippen LogP contribution in [0, 0.1) is 6.92 Å². The highest BCUT2D eigenvalue weighted by molar-refractivity contribution is 6.45. The maximum Gasteiger partial charge on any atom is 0.295 e. The van der Waals surface area contributed by atoms with Gasteiger partial charge in [0.2, 0.25) is 5.78 Å². The lowest BCUT2D eigenvalue weighted by Crippen LogP contribution is -2.26. The van der Waals surface area contributed by atoms with Crippen molar-refractivity contribution in [3.05, 3.63) is 76.9 Å². The summed E-state index contributed by atoms with van der Waals surface area (Å²) >= 11 is 0. The van der Waals surface area contributed by atoms with Crippen LogP contribution in [0.5, 0.6) is 0 Å². The summed E-state index contributed by atoms with van der Waals surface area (Å²) in [5.41, 5.74) is 3.68. The van der Waals surface area contributed by atoms with Crippen LogP contribution >= 0.6 is 0 Å². The van der Waals surface area contributed by atoms with Crippen molar-refractivity contribution in [2.75, 3.05) is 6.54 Å². The van der Waals surface area contributed by atoms with Gasteiger partial charge >= 0.3 is 0 Å². The third-order valence-corrected chi connectivity index (χ3v) is 3.73. The molecule has 1 fully saturated rings. The molecule has 2 aromatic carbocycles. The van der Waals surface area contributed by atoms with E-state index >= 15 is 0 Å². The quantitative estimate of drug-likeness (QED) is 0.644. The number of amides is 1. The Morgan fingerprint density at radius 3 is 2.55 bits per heavy atom. The molecule has 1 aliphatic rings. The summed E-state index contributed by atoms with van der Waals surface area (Å²) < 4.78 is 0. The maximum atomic E-state index is 12.1. The van der Waals surface area contributed by atoms with Crippen molar-refractivity contribution in [3.63, 3.8) is 0 Å². The maximum absolute atomic E-state index is 12.1. The minimum atomic E-state index is -0.414. The Morgan fingerprint density at radius 2 is 1.82 bits per heavy atom. The van der Waals surface area contributed by atoms with Crippen molar-refractivity contribution >= 4 is 17.8 Å². The fourth-order valence-electron chi connectivity index (χ4n) is 2.63. The van der Waals surface area contributed by atoms with Gasteiger partial charge < -0.3 is 4.90 Å². The molecule has 1 amide bonds. The summed E-state index contributed by atoms with van der Waals surface area (Å²) in [7, 11) is 0. The van der Waals surface area contributed by atoms with Gasteiger partial charge in [0, 0.05) is 12.1 Å². The number of hydrogen-bond acceptors (Lipinski definition) is 2. The van der Waals surface area contributed by atoms with E-state index in [1.807, 2.05) is 67.6 Å². The Hall–Kier alpha value is -2.68. The number of carbonyl (C=O) groups excluding carboxylic acids is 2. The summed E-state index contributed by atoms with van der Waals surface area (Å²) in [4.78, 5) is 25.8. The summed E-state index contributed by atoms with van der Waals surface area (Å²) in [5, 5.41) is 0. The molecule has 0 atom stereocenters. The molecule has 1 aliphatic heterocycles. The van der Waals surface area contributed by atoms with Crippen LogP contribution in [0.25, 0.3) is 6.08 Å². The van der Waals surface area contributed by atoms with Crippen molar-refractivity contribution in [2.24, 2.45) is 0 Å². The van der Waals surface area contributed by atoms with Crippen molar-refractivity contribution in [2.45, 2.75) is 13.5 Å². The van der Waals surface area contributed by atoms with Crippen LogP contribution in [-0.2, 0) is 16.1 Å². The SMILES string of the molecule is Cc1cccc(/C=C2/CN(Cc3ccccc3)C(=O)C2=O)c1. The summed E-state index contributed by atoms with van der Waals surface area (Å²) in [6, 6.07) is 17.6.